The maximum absolute atomic E-state index is 12.6. The molecule has 0 aliphatic heterocycles. The van der Waals surface area contributed by atoms with E-state index in [1.807, 2.05) is 0 Å². The highest BCUT2D eigenvalue weighted by Crippen LogP contribution is 2.21. The minimum absolute atomic E-state index is 0.272. The first kappa shape index (κ1) is 8.53. The van der Waals surface area contributed by atoms with E-state index < -0.39 is 0 Å². The summed E-state index contributed by atoms with van der Waals surface area (Å²) < 4.78 is 17.5. The van der Waals surface area contributed by atoms with Crippen molar-refractivity contribution >= 4 is 15.9 Å². The van der Waals surface area contributed by atoms with Crippen molar-refractivity contribution in [3.05, 3.63) is 29.6 Å². The normalized spacial score (nSPS) is 9.73. The van der Waals surface area contributed by atoms with Crippen LogP contribution in [0.3, 0.4) is 0 Å². The van der Waals surface area contributed by atoms with Gasteiger partial charge >= 0.3 is 0 Å². The molecule has 11 heavy (non-hydrogen) atoms. The Morgan fingerprint density at radius 3 is 2.82 bits per heavy atom. The van der Waals surface area contributed by atoms with Gasteiger partial charge in [0.2, 0.25) is 0 Å². The molecule has 0 bridgehead atoms. The fourth-order valence-electron chi connectivity index (χ4n) is 0.829. The molecule has 0 aliphatic carbocycles. The summed E-state index contributed by atoms with van der Waals surface area (Å²) in [5, 5.41) is 0.677. The summed E-state index contributed by atoms with van der Waals surface area (Å²) in [6.45, 7) is 0. The lowest BCUT2D eigenvalue weighted by molar-refractivity contribution is 0.408. The van der Waals surface area contributed by atoms with Gasteiger partial charge in [-0.05, 0) is 6.07 Å². The van der Waals surface area contributed by atoms with Crippen LogP contribution in [0.4, 0.5) is 4.39 Å². The number of hydrogen-bond donors (Lipinski definition) is 0. The third-order valence-electron chi connectivity index (χ3n) is 1.39. The molecule has 0 atom stereocenters. The molecular formula is C8H8BrFO. The second kappa shape index (κ2) is 3.72. The van der Waals surface area contributed by atoms with Crippen LogP contribution in [0.1, 0.15) is 5.56 Å². The lowest BCUT2D eigenvalue weighted by Crippen LogP contribution is -1.89. The molecule has 0 fully saturated rings. The molecule has 1 aromatic rings. The van der Waals surface area contributed by atoms with Crippen molar-refractivity contribution in [1.82, 2.24) is 0 Å². The van der Waals surface area contributed by atoms with Crippen molar-refractivity contribution in [2.45, 2.75) is 5.33 Å². The first-order valence-electron chi connectivity index (χ1n) is 3.16. The van der Waals surface area contributed by atoms with Gasteiger partial charge in [-0.2, -0.15) is 0 Å². The van der Waals surface area contributed by atoms with Crippen molar-refractivity contribution in [2.75, 3.05) is 7.11 Å². The van der Waals surface area contributed by atoms with Crippen molar-refractivity contribution in [2.24, 2.45) is 0 Å². The third-order valence-corrected chi connectivity index (χ3v) is 2.00. The number of halogens is 2. The van der Waals surface area contributed by atoms with Crippen molar-refractivity contribution in [1.29, 1.82) is 0 Å². The molecule has 60 valence electrons. The summed E-state index contributed by atoms with van der Waals surface area (Å²) >= 11 is 3.27. The van der Waals surface area contributed by atoms with Crippen molar-refractivity contribution in [3.63, 3.8) is 0 Å². The summed E-state index contributed by atoms with van der Waals surface area (Å²) in [7, 11) is 1.53. The van der Waals surface area contributed by atoms with Gasteiger partial charge in [0, 0.05) is 17.0 Å². The summed E-state index contributed by atoms with van der Waals surface area (Å²) in [5.41, 5.74) is 0.953. The summed E-state index contributed by atoms with van der Waals surface area (Å²) in [6, 6.07) is 4.48. The van der Waals surface area contributed by atoms with Crippen LogP contribution in [0.5, 0.6) is 5.75 Å². The molecule has 1 nitrogen and oxygen atoms in total. The molecule has 0 amide bonds. The molecule has 0 aromatic heterocycles. The third kappa shape index (κ3) is 1.93. The van der Waals surface area contributed by atoms with Crippen LogP contribution in [0.15, 0.2) is 18.2 Å². The zero-order valence-electron chi connectivity index (χ0n) is 6.10. The molecule has 0 unspecified atom stereocenters. The van der Waals surface area contributed by atoms with Crippen LogP contribution in [0.2, 0.25) is 0 Å². The number of alkyl halides is 1. The number of hydrogen-bond acceptors (Lipinski definition) is 1. The predicted octanol–water partition coefficient (Wildman–Crippen LogP) is 2.73. The van der Waals surface area contributed by atoms with E-state index in [-0.39, 0.29) is 5.82 Å². The van der Waals surface area contributed by atoms with Gasteiger partial charge in [-0.25, -0.2) is 4.39 Å². The van der Waals surface area contributed by atoms with Crippen LogP contribution in [-0.2, 0) is 5.33 Å². The molecule has 0 saturated heterocycles. The van der Waals surface area contributed by atoms with E-state index in [9.17, 15) is 4.39 Å². The van der Waals surface area contributed by atoms with Crippen LogP contribution in [0.25, 0.3) is 0 Å². The lowest BCUT2D eigenvalue weighted by Gasteiger charge is -2.04. The zero-order valence-corrected chi connectivity index (χ0v) is 7.69. The predicted molar refractivity (Wildman–Crippen MR) is 45.6 cm³/mol. The highest BCUT2D eigenvalue weighted by atomic mass is 79.9. The Labute approximate surface area is 73.3 Å². The van der Waals surface area contributed by atoms with E-state index >= 15 is 0 Å². The van der Waals surface area contributed by atoms with E-state index in [1.54, 1.807) is 6.07 Å². The summed E-state index contributed by atoms with van der Waals surface area (Å²) in [4.78, 5) is 0. The summed E-state index contributed by atoms with van der Waals surface area (Å²) in [5.74, 6) is 0.313. The molecule has 0 heterocycles. The quantitative estimate of drug-likeness (QED) is 0.693. The Hall–Kier alpha value is -0.570. The van der Waals surface area contributed by atoms with Gasteiger partial charge in [0.15, 0.2) is 0 Å². The molecule has 0 radical (unpaired) electrons. The van der Waals surface area contributed by atoms with Crippen LogP contribution < -0.4 is 4.74 Å². The molecule has 0 N–H and O–H groups in total. The zero-order chi connectivity index (χ0) is 8.27. The smallest absolute Gasteiger partial charge is 0.126 e. The van der Waals surface area contributed by atoms with Crippen LogP contribution in [0, 0.1) is 5.82 Å². The Balaban J connectivity index is 3.06. The fraction of sp³-hybridized carbons (Fsp3) is 0.250. The van der Waals surface area contributed by atoms with Gasteiger partial charge in [-0.15, -0.1) is 0 Å². The molecule has 0 saturated carbocycles. The van der Waals surface area contributed by atoms with E-state index in [0.29, 0.717) is 11.1 Å². The monoisotopic (exact) mass is 217 g/mol. The highest BCUT2D eigenvalue weighted by Gasteiger charge is 2.01. The van der Waals surface area contributed by atoms with Crippen molar-refractivity contribution < 1.29 is 9.13 Å². The molecule has 0 spiro atoms. The van der Waals surface area contributed by atoms with Crippen LogP contribution in [-0.4, -0.2) is 7.11 Å². The minimum atomic E-state index is -0.272. The average Bonchev–Trinajstić information content (AvgIpc) is 2.04. The number of ether oxygens (including phenoxy) is 1. The van der Waals surface area contributed by atoms with Crippen LogP contribution >= 0.6 is 15.9 Å². The molecule has 3 heteroatoms. The minimum Gasteiger partial charge on any atom is -0.496 e. The number of benzene rings is 1. The van der Waals surface area contributed by atoms with Gasteiger partial charge < -0.3 is 4.74 Å². The lowest BCUT2D eigenvalue weighted by atomic mass is 10.2. The first-order chi connectivity index (χ1) is 5.27. The fourth-order valence-corrected chi connectivity index (χ4v) is 1.29. The van der Waals surface area contributed by atoms with Gasteiger partial charge in [0.25, 0.3) is 0 Å². The Morgan fingerprint density at radius 1 is 1.55 bits per heavy atom. The molecule has 0 aliphatic rings. The first-order valence-corrected chi connectivity index (χ1v) is 4.28. The number of methoxy groups -OCH3 is 1. The van der Waals surface area contributed by atoms with Gasteiger partial charge in [-0.1, -0.05) is 22.0 Å². The standard InChI is InChI=1S/C8H8BrFO/c1-11-8-4-7(10)3-2-6(8)5-9/h2-4H,5H2,1H3/i10-1. The summed E-state index contributed by atoms with van der Waals surface area (Å²) in [6.07, 6.45) is 0. The largest absolute Gasteiger partial charge is 0.496 e. The molecule has 1 aromatic carbocycles. The molecule has 1 rings (SSSR count). The Bertz CT molecular complexity index is 250. The molecular weight excluding hydrogens is 210 g/mol. The van der Waals surface area contributed by atoms with E-state index in [4.69, 9.17) is 4.74 Å². The average molecular weight is 218 g/mol. The topological polar surface area (TPSA) is 9.23 Å². The maximum Gasteiger partial charge on any atom is 0.126 e. The van der Waals surface area contributed by atoms with Gasteiger partial charge in [0.1, 0.15) is 11.6 Å². The number of rotatable bonds is 2. The van der Waals surface area contributed by atoms with E-state index in [1.165, 1.54) is 19.2 Å². The Kier molecular flexibility index (Phi) is 2.88. The van der Waals surface area contributed by atoms with E-state index in [2.05, 4.69) is 15.9 Å². The second-order valence-electron chi connectivity index (χ2n) is 2.09. The maximum atomic E-state index is 12.6. The highest BCUT2D eigenvalue weighted by molar-refractivity contribution is 9.08. The SMILES string of the molecule is COc1cc([18F])ccc1CBr. The van der Waals surface area contributed by atoms with Gasteiger partial charge in [0.05, 0.1) is 7.11 Å². The van der Waals surface area contributed by atoms with Crippen molar-refractivity contribution in [3.8, 4) is 5.75 Å². The van der Waals surface area contributed by atoms with Gasteiger partial charge in [-0.3, -0.25) is 0 Å². The second-order valence-corrected chi connectivity index (χ2v) is 2.65. The Morgan fingerprint density at radius 2 is 2.27 bits per heavy atom. The van der Waals surface area contributed by atoms with E-state index in [0.717, 1.165) is 5.56 Å².